The smallest absolute Gasteiger partial charge is 0.335 e. The molecule has 6 heteroatoms. The molecular weight excluding hydrogens is 368 g/mol. The standard InChI is InChI=1S/C23H28N2O4/c1-4-15-13-25-10-8-16(15)11-21(25)22(29-23(27)14(2)26)18-7-9-24-20-6-5-17(28-3)12-19(18)20/h4-7,9,12,14-16,21-22,26H,1,8,10-11,13H2,2-3H3/t14?,15-,16-,21+,22-/m0/s1. The number of nitrogens with zero attached hydrogens (tertiary/aromatic N) is 2. The molecule has 0 radical (unpaired) electrons. The van der Waals surface area contributed by atoms with Gasteiger partial charge in [-0.2, -0.15) is 0 Å². The van der Waals surface area contributed by atoms with Crippen molar-refractivity contribution >= 4 is 16.9 Å². The van der Waals surface area contributed by atoms with Gasteiger partial charge in [-0.15, -0.1) is 6.58 Å². The van der Waals surface area contributed by atoms with E-state index in [9.17, 15) is 9.90 Å². The molecule has 2 bridgehead atoms. The highest BCUT2D eigenvalue weighted by Crippen LogP contribution is 2.43. The van der Waals surface area contributed by atoms with Gasteiger partial charge < -0.3 is 14.6 Å². The third-order valence-electron chi connectivity index (χ3n) is 6.38. The predicted molar refractivity (Wildman–Crippen MR) is 111 cm³/mol. The second-order valence-electron chi connectivity index (χ2n) is 8.06. The maximum atomic E-state index is 12.4. The Kier molecular flexibility index (Phi) is 5.56. The zero-order valence-corrected chi connectivity index (χ0v) is 17.0. The number of benzene rings is 1. The van der Waals surface area contributed by atoms with Crippen LogP contribution in [0, 0.1) is 11.8 Å². The van der Waals surface area contributed by atoms with Crippen molar-refractivity contribution in [2.45, 2.75) is 38.0 Å². The maximum absolute atomic E-state index is 12.4. The molecule has 2 unspecified atom stereocenters. The summed E-state index contributed by atoms with van der Waals surface area (Å²) in [6.45, 7) is 7.34. The summed E-state index contributed by atoms with van der Waals surface area (Å²) in [5.41, 5.74) is 1.72. The van der Waals surface area contributed by atoms with Gasteiger partial charge >= 0.3 is 5.97 Å². The van der Waals surface area contributed by atoms with E-state index in [0.29, 0.717) is 11.8 Å². The fraction of sp³-hybridized carbons (Fsp3) is 0.478. The van der Waals surface area contributed by atoms with Gasteiger partial charge in [-0.1, -0.05) is 6.08 Å². The van der Waals surface area contributed by atoms with Crippen LogP contribution in [0.15, 0.2) is 43.1 Å². The lowest BCUT2D eigenvalue weighted by Crippen LogP contribution is -2.55. The van der Waals surface area contributed by atoms with E-state index >= 15 is 0 Å². The third-order valence-corrected chi connectivity index (χ3v) is 6.38. The van der Waals surface area contributed by atoms with E-state index < -0.39 is 18.2 Å². The fourth-order valence-electron chi connectivity index (χ4n) is 4.79. The molecule has 29 heavy (non-hydrogen) atoms. The first-order valence-electron chi connectivity index (χ1n) is 10.2. The summed E-state index contributed by atoms with van der Waals surface area (Å²) >= 11 is 0. The molecule has 3 aliphatic rings. The molecule has 3 aliphatic heterocycles. The fourth-order valence-corrected chi connectivity index (χ4v) is 4.79. The van der Waals surface area contributed by atoms with E-state index in [1.54, 1.807) is 13.3 Å². The van der Waals surface area contributed by atoms with Gasteiger partial charge in [0.2, 0.25) is 0 Å². The lowest BCUT2D eigenvalue weighted by atomic mass is 9.73. The summed E-state index contributed by atoms with van der Waals surface area (Å²) in [4.78, 5) is 19.3. The first-order chi connectivity index (χ1) is 14.0. The highest BCUT2D eigenvalue weighted by molar-refractivity contribution is 5.84. The minimum atomic E-state index is -1.17. The lowest BCUT2D eigenvalue weighted by molar-refractivity contribution is -0.166. The van der Waals surface area contributed by atoms with Crippen LogP contribution in [0.4, 0.5) is 0 Å². The van der Waals surface area contributed by atoms with Gasteiger partial charge in [-0.05, 0) is 62.4 Å². The topological polar surface area (TPSA) is 71.9 Å². The van der Waals surface area contributed by atoms with Crippen molar-refractivity contribution in [1.29, 1.82) is 0 Å². The molecule has 6 nitrogen and oxygen atoms in total. The number of carbonyl (C=O) groups is 1. The number of aliphatic hydroxyl groups is 1. The Labute approximate surface area is 171 Å². The van der Waals surface area contributed by atoms with Gasteiger partial charge in [-0.3, -0.25) is 9.88 Å². The van der Waals surface area contributed by atoms with Crippen LogP contribution in [0.25, 0.3) is 10.9 Å². The highest BCUT2D eigenvalue weighted by atomic mass is 16.6. The highest BCUT2D eigenvalue weighted by Gasteiger charge is 2.44. The molecule has 4 heterocycles. The number of esters is 1. The minimum absolute atomic E-state index is 0.0597. The van der Waals surface area contributed by atoms with E-state index in [0.717, 1.165) is 48.1 Å². The number of pyridine rings is 1. The summed E-state index contributed by atoms with van der Waals surface area (Å²) in [7, 11) is 1.63. The molecule has 0 aliphatic carbocycles. The van der Waals surface area contributed by atoms with Crippen molar-refractivity contribution in [3.8, 4) is 5.75 Å². The number of carbonyl (C=O) groups excluding carboxylic acids is 1. The van der Waals surface area contributed by atoms with Crippen molar-refractivity contribution in [2.75, 3.05) is 20.2 Å². The van der Waals surface area contributed by atoms with Crippen LogP contribution in [-0.2, 0) is 9.53 Å². The molecule has 0 saturated carbocycles. The number of ether oxygens (including phenoxy) is 2. The van der Waals surface area contributed by atoms with Gasteiger partial charge in [0.1, 0.15) is 18.0 Å². The first-order valence-corrected chi connectivity index (χ1v) is 10.2. The predicted octanol–water partition coefficient (Wildman–Crippen LogP) is 3.10. The molecule has 5 rings (SSSR count). The Morgan fingerprint density at radius 1 is 1.41 bits per heavy atom. The molecule has 3 saturated heterocycles. The van der Waals surface area contributed by atoms with Crippen molar-refractivity contribution in [3.63, 3.8) is 0 Å². The number of aliphatic hydroxyl groups excluding tert-OH is 1. The molecule has 0 amide bonds. The van der Waals surface area contributed by atoms with Gasteiger partial charge in [0, 0.05) is 23.7 Å². The number of piperidine rings is 3. The van der Waals surface area contributed by atoms with Crippen LogP contribution in [0.3, 0.4) is 0 Å². The maximum Gasteiger partial charge on any atom is 0.335 e. The van der Waals surface area contributed by atoms with Crippen molar-refractivity contribution < 1.29 is 19.4 Å². The molecule has 6 atom stereocenters. The molecule has 1 aromatic carbocycles. The van der Waals surface area contributed by atoms with Crippen LogP contribution < -0.4 is 4.74 Å². The van der Waals surface area contributed by atoms with Gasteiger partial charge in [0.15, 0.2) is 0 Å². The normalized spacial score (nSPS) is 28.0. The monoisotopic (exact) mass is 396 g/mol. The number of rotatable bonds is 6. The molecular formula is C23H28N2O4. The quantitative estimate of drug-likeness (QED) is 0.598. The summed E-state index contributed by atoms with van der Waals surface area (Å²) in [6.07, 6.45) is 4.21. The number of fused-ring (bicyclic) bond motifs is 4. The van der Waals surface area contributed by atoms with E-state index in [1.165, 1.54) is 6.92 Å². The Hall–Kier alpha value is -2.44. The Balaban J connectivity index is 1.77. The van der Waals surface area contributed by atoms with Gasteiger partial charge in [0.25, 0.3) is 0 Å². The molecule has 2 aromatic rings. The molecule has 3 fully saturated rings. The Bertz CT molecular complexity index is 913. The Morgan fingerprint density at radius 3 is 2.90 bits per heavy atom. The minimum Gasteiger partial charge on any atom is -0.497 e. The van der Waals surface area contributed by atoms with E-state index in [1.807, 2.05) is 24.3 Å². The molecule has 1 aromatic heterocycles. The van der Waals surface area contributed by atoms with Crippen LogP contribution in [-0.4, -0.2) is 53.3 Å². The SMILES string of the molecule is C=C[C@H]1CN2CC[C@H]1C[C@@H]2[C@@H](OC(=O)C(C)O)c1ccnc2ccc(OC)cc12. The van der Waals surface area contributed by atoms with E-state index in [-0.39, 0.29) is 6.04 Å². The first kappa shape index (κ1) is 19.9. The lowest BCUT2D eigenvalue weighted by Gasteiger charge is -2.51. The Morgan fingerprint density at radius 2 is 2.24 bits per heavy atom. The summed E-state index contributed by atoms with van der Waals surface area (Å²) in [5, 5.41) is 10.7. The van der Waals surface area contributed by atoms with Crippen molar-refractivity contribution in [3.05, 3.63) is 48.7 Å². The number of aromatic nitrogens is 1. The summed E-state index contributed by atoms with van der Waals surface area (Å²) in [5.74, 6) is 1.13. The molecule has 154 valence electrons. The zero-order valence-electron chi connectivity index (χ0n) is 17.0. The van der Waals surface area contributed by atoms with Crippen molar-refractivity contribution in [2.24, 2.45) is 11.8 Å². The number of hydrogen-bond acceptors (Lipinski definition) is 6. The average Bonchev–Trinajstić information content (AvgIpc) is 2.76. The second-order valence-corrected chi connectivity index (χ2v) is 8.06. The zero-order chi connectivity index (χ0) is 20.5. The largest absolute Gasteiger partial charge is 0.497 e. The average molecular weight is 396 g/mol. The van der Waals surface area contributed by atoms with E-state index in [4.69, 9.17) is 9.47 Å². The number of hydrogen-bond donors (Lipinski definition) is 1. The number of methoxy groups -OCH3 is 1. The van der Waals surface area contributed by atoms with Crippen LogP contribution in [0.5, 0.6) is 5.75 Å². The molecule has 1 N–H and O–H groups in total. The third kappa shape index (κ3) is 3.74. The summed E-state index contributed by atoms with van der Waals surface area (Å²) in [6, 6.07) is 7.69. The molecule has 0 spiro atoms. The van der Waals surface area contributed by atoms with Crippen molar-refractivity contribution in [1.82, 2.24) is 9.88 Å². The van der Waals surface area contributed by atoms with E-state index in [2.05, 4.69) is 22.5 Å². The van der Waals surface area contributed by atoms with Gasteiger partial charge in [0.05, 0.1) is 18.7 Å². The van der Waals surface area contributed by atoms with Gasteiger partial charge in [-0.25, -0.2) is 4.79 Å². The van der Waals surface area contributed by atoms with Crippen LogP contribution >= 0.6 is 0 Å². The second kappa shape index (κ2) is 8.13. The summed E-state index contributed by atoms with van der Waals surface area (Å²) < 4.78 is 11.3. The van der Waals surface area contributed by atoms with Crippen LogP contribution in [0.2, 0.25) is 0 Å². The van der Waals surface area contributed by atoms with Crippen LogP contribution in [0.1, 0.15) is 31.4 Å².